The van der Waals surface area contributed by atoms with Crippen molar-refractivity contribution in [2.24, 2.45) is 0 Å². The molecule has 1 aromatic rings. The maximum atomic E-state index is 3.74. The summed E-state index contributed by atoms with van der Waals surface area (Å²) in [6, 6.07) is 8.79. The van der Waals surface area contributed by atoms with Gasteiger partial charge in [-0.05, 0) is 30.4 Å². The van der Waals surface area contributed by atoms with E-state index < -0.39 is 0 Å². The summed E-state index contributed by atoms with van der Waals surface area (Å²) in [6.07, 6.45) is 5.25. The van der Waals surface area contributed by atoms with Crippen molar-refractivity contribution in [2.45, 2.75) is 30.5 Å². The molecule has 1 aliphatic carbocycles. The van der Waals surface area contributed by atoms with Crippen LogP contribution in [0, 0.1) is 0 Å². The Morgan fingerprint density at radius 3 is 2.92 bits per heavy atom. The first kappa shape index (κ1) is 8.31. The van der Waals surface area contributed by atoms with Crippen molar-refractivity contribution >= 4 is 15.9 Å². The Bertz CT molecular complexity index is 267. The summed E-state index contributed by atoms with van der Waals surface area (Å²) in [5.74, 6) is 0. The largest absolute Gasteiger partial charge is 0.0839 e. The van der Waals surface area contributed by atoms with Gasteiger partial charge < -0.3 is 0 Å². The maximum Gasteiger partial charge on any atom is 0.0398 e. The maximum absolute atomic E-state index is 3.74. The molecule has 1 aliphatic rings. The van der Waals surface area contributed by atoms with Crippen LogP contribution < -0.4 is 0 Å². The summed E-state index contributed by atoms with van der Waals surface area (Å²) in [5, 5.41) is 0. The average molecular weight is 225 g/mol. The Hall–Kier alpha value is -0.300. The van der Waals surface area contributed by atoms with E-state index in [9.17, 15) is 0 Å². The number of hydrogen-bond donors (Lipinski definition) is 0. The molecule has 0 saturated heterocycles. The van der Waals surface area contributed by atoms with E-state index in [-0.39, 0.29) is 0 Å². The van der Waals surface area contributed by atoms with E-state index in [2.05, 4.69) is 40.2 Å². The zero-order valence-electron chi connectivity index (χ0n) is 7.09. The van der Waals surface area contributed by atoms with Crippen LogP contribution in [0.2, 0.25) is 0 Å². The minimum absolute atomic E-state index is 0.594. The molecule has 2 rings (SSSR count). The van der Waals surface area contributed by atoms with Crippen molar-refractivity contribution in [2.75, 3.05) is 0 Å². The normalized spacial score (nSPS) is 22.9. The molecule has 0 amide bonds. The molecule has 1 atom stereocenters. The number of alkyl halides is 1. The van der Waals surface area contributed by atoms with Crippen LogP contribution in [0.3, 0.4) is 0 Å². The molecule has 1 heteroatoms. The number of halogens is 1. The molecule has 0 heterocycles. The van der Waals surface area contributed by atoms with E-state index in [1.54, 1.807) is 0 Å². The SMILES string of the molecule is Br[C@@H]1CCCCc2ccccc21. The van der Waals surface area contributed by atoms with E-state index in [0.717, 1.165) is 0 Å². The van der Waals surface area contributed by atoms with Crippen LogP contribution in [0.25, 0.3) is 0 Å². The van der Waals surface area contributed by atoms with Crippen LogP contribution in [0.5, 0.6) is 0 Å². The standard InChI is InChI=1S/C11H13Br/c12-11-8-4-2-6-9-5-1-3-7-10(9)11/h1,3,5,7,11H,2,4,6,8H2/t11-/m1/s1. The van der Waals surface area contributed by atoms with Gasteiger partial charge in [0, 0.05) is 4.83 Å². The third-order valence-electron chi connectivity index (χ3n) is 2.55. The van der Waals surface area contributed by atoms with Gasteiger partial charge in [-0.25, -0.2) is 0 Å². The van der Waals surface area contributed by atoms with Crippen molar-refractivity contribution in [3.05, 3.63) is 35.4 Å². The molecule has 0 aromatic heterocycles. The second-order valence-corrected chi connectivity index (χ2v) is 4.52. The molecule has 0 spiro atoms. The fraction of sp³-hybridized carbons (Fsp3) is 0.455. The van der Waals surface area contributed by atoms with Crippen molar-refractivity contribution in [1.82, 2.24) is 0 Å². The van der Waals surface area contributed by atoms with Gasteiger partial charge in [0.25, 0.3) is 0 Å². The number of benzene rings is 1. The highest BCUT2D eigenvalue weighted by Gasteiger charge is 2.14. The van der Waals surface area contributed by atoms with Crippen molar-refractivity contribution in [1.29, 1.82) is 0 Å². The third-order valence-corrected chi connectivity index (χ3v) is 3.50. The zero-order chi connectivity index (χ0) is 8.39. The second-order valence-electron chi connectivity index (χ2n) is 3.41. The Morgan fingerprint density at radius 2 is 2.00 bits per heavy atom. The number of hydrogen-bond acceptors (Lipinski definition) is 0. The van der Waals surface area contributed by atoms with Crippen molar-refractivity contribution in [3.63, 3.8) is 0 Å². The Morgan fingerprint density at radius 1 is 1.17 bits per heavy atom. The highest BCUT2D eigenvalue weighted by Crippen LogP contribution is 2.34. The molecule has 0 radical (unpaired) electrons. The minimum atomic E-state index is 0.594. The Kier molecular flexibility index (Phi) is 2.50. The fourth-order valence-corrected chi connectivity index (χ4v) is 2.63. The molecular weight excluding hydrogens is 212 g/mol. The summed E-state index contributed by atoms with van der Waals surface area (Å²) >= 11 is 3.74. The van der Waals surface area contributed by atoms with E-state index in [0.29, 0.717) is 4.83 Å². The lowest BCUT2D eigenvalue weighted by Crippen LogP contribution is -1.91. The van der Waals surface area contributed by atoms with Crippen LogP contribution >= 0.6 is 15.9 Å². The molecule has 0 bridgehead atoms. The number of aryl methyl sites for hydroxylation is 1. The highest BCUT2D eigenvalue weighted by molar-refractivity contribution is 9.09. The molecule has 64 valence electrons. The first-order chi connectivity index (χ1) is 5.88. The van der Waals surface area contributed by atoms with Crippen LogP contribution in [-0.4, -0.2) is 0 Å². The first-order valence-corrected chi connectivity index (χ1v) is 5.51. The van der Waals surface area contributed by atoms with Gasteiger partial charge in [-0.3, -0.25) is 0 Å². The summed E-state index contributed by atoms with van der Waals surface area (Å²) in [4.78, 5) is 0.594. The van der Waals surface area contributed by atoms with Gasteiger partial charge in [0.2, 0.25) is 0 Å². The van der Waals surface area contributed by atoms with Crippen LogP contribution in [-0.2, 0) is 6.42 Å². The molecule has 0 aliphatic heterocycles. The van der Waals surface area contributed by atoms with Gasteiger partial charge in [-0.2, -0.15) is 0 Å². The van der Waals surface area contributed by atoms with Gasteiger partial charge in [0.05, 0.1) is 0 Å². The monoisotopic (exact) mass is 224 g/mol. The van der Waals surface area contributed by atoms with E-state index >= 15 is 0 Å². The van der Waals surface area contributed by atoms with Crippen LogP contribution in [0.4, 0.5) is 0 Å². The summed E-state index contributed by atoms with van der Waals surface area (Å²) in [7, 11) is 0. The molecule has 0 saturated carbocycles. The smallest absolute Gasteiger partial charge is 0.0398 e. The van der Waals surface area contributed by atoms with E-state index in [4.69, 9.17) is 0 Å². The topological polar surface area (TPSA) is 0 Å². The summed E-state index contributed by atoms with van der Waals surface area (Å²) in [6.45, 7) is 0. The Balaban J connectivity index is 2.39. The van der Waals surface area contributed by atoms with Crippen molar-refractivity contribution < 1.29 is 0 Å². The predicted octanol–water partition coefficient (Wildman–Crippen LogP) is 3.85. The molecule has 0 unspecified atom stereocenters. The molecule has 12 heavy (non-hydrogen) atoms. The first-order valence-electron chi connectivity index (χ1n) is 4.60. The lowest BCUT2D eigenvalue weighted by Gasteiger charge is -2.09. The van der Waals surface area contributed by atoms with E-state index in [1.165, 1.54) is 36.8 Å². The fourth-order valence-electron chi connectivity index (χ4n) is 1.86. The summed E-state index contributed by atoms with van der Waals surface area (Å²) in [5.41, 5.74) is 3.05. The van der Waals surface area contributed by atoms with E-state index in [1.807, 2.05) is 0 Å². The molecule has 1 aromatic carbocycles. The molecular formula is C11H13Br. The lowest BCUT2D eigenvalue weighted by atomic mass is 10.0. The van der Waals surface area contributed by atoms with Crippen molar-refractivity contribution in [3.8, 4) is 0 Å². The van der Waals surface area contributed by atoms with Gasteiger partial charge in [0.15, 0.2) is 0 Å². The minimum Gasteiger partial charge on any atom is -0.0839 e. The van der Waals surface area contributed by atoms with Gasteiger partial charge in [0.1, 0.15) is 0 Å². The zero-order valence-corrected chi connectivity index (χ0v) is 8.68. The average Bonchev–Trinajstić information content (AvgIpc) is 2.29. The number of fused-ring (bicyclic) bond motifs is 1. The third kappa shape index (κ3) is 1.56. The predicted molar refractivity (Wildman–Crippen MR) is 55.7 cm³/mol. The van der Waals surface area contributed by atoms with Gasteiger partial charge in [-0.1, -0.05) is 46.6 Å². The Labute approximate surface area is 82.1 Å². The molecule has 0 nitrogen and oxygen atoms in total. The summed E-state index contributed by atoms with van der Waals surface area (Å²) < 4.78 is 0. The lowest BCUT2D eigenvalue weighted by molar-refractivity contribution is 0.708. The molecule has 0 N–H and O–H groups in total. The van der Waals surface area contributed by atoms with Crippen LogP contribution in [0.15, 0.2) is 24.3 Å². The van der Waals surface area contributed by atoms with Gasteiger partial charge in [-0.15, -0.1) is 0 Å². The highest BCUT2D eigenvalue weighted by atomic mass is 79.9. The second kappa shape index (κ2) is 3.61. The molecule has 0 fully saturated rings. The van der Waals surface area contributed by atoms with Crippen LogP contribution in [0.1, 0.15) is 35.2 Å². The quantitative estimate of drug-likeness (QED) is 0.464. The number of rotatable bonds is 0. The van der Waals surface area contributed by atoms with Gasteiger partial charge >= 0.3 is 0 Å².